The number of benzene rings is 2. The molecule has 7 heteroatoms. The third kappa shape index (κ3) is 5.06. The van der Waals surface area contributed by atoms with Gasteiger partial charge in [0.05, 0.1) is 4.90 Å². The number of thiocarbonyl (C=S) groups is 1. The first-order chi connectivity index (χ1) is 12.7. The van der Waals surface area contributed by atoms with Crippen LogP contribution in [0.2, 0.25) is 0 Å². The van der Waals surface area contributed by atoms with Gasteiger partial charge in [-0.3, -0.25) is 0 Å². The summed E-state index contributed by atoms with van der Waals surface area (Å²) < 4.78 is 27.2. The highest BCUT2D eigenvalue weighted by molar-refractivity contribution is 7.89. The first kappa shape index (κ1) is 21.3. The fraction of sp³-hybridized carbons (Fsp3) is 0.350. The molecular weight excluding hydrogens is 378 g/mol. The van der Waals surface area contributed by atoms with Gasteiger partial charge in [-0.1, -0.05) is 26.0 Å². The molecule has 0 unspecified atom stereocenters. The lowest BCUT2D eigenvalue weighted by Crippen LogP contribution is -2.31. The molecule has 0 amide bonds. The summed E-state index contributed by atoms with van der Waals surface area (Å²) in [6, 6.07) is 11.3. The zero-order chi connectivity index (χ0) is 20.2. The van der Waals surface area contributed by atoms with Gasteiger partial charge in [-0.05, 0) is 73.9 Å². The fourth-order valence-electron chi connectivity index (χ4n) is 2.83. The van der Waals surface area contributed by atoms with E-state index in [1.165, 1.54) is 4.31 Å². The largest absolute Gasteiger partial charge is 0.332 e. The Bertz CT molecular complexity index is 936. The zero-order valence-electron chi connectivity index (χ0n) is 16.5. The monoisotopic (exact) mass is 405 g/mol. The van der Waals surface area contributed by atoms with Gasteiger partial charge in [0.15, 0.2) is 5.11 Å². The maximum Gasteiger partial charge on any atom is 0.243 e. The Labute approximate surface area is 167 Å². The third-order valence-electron chi connectivity index (χ3n) is 4.51. The molecule has 2 N–H and O–H groups in total. The Kier molecular flexibility index (Phi) is 6.97. The van der Waals surface area contributed by atoms with Crippen molar-refractivity contribution >= 4 is 38.7 Å². The first-order valence-corrected chi connectivity index (χ1v) is 10.8. The van der Waals surface area contributed by atoms with Crippen LogP contribution in [0.4, 0.5) is 11.4 Å². The van der Waals surface area contributed by atoms with Crippen molar-refractivity contribution in [3.63, 3.8) is 0 Å². The van der Waals surface area contributed by atoms with Crippen molar-refractivity contribution in [2.75, 3.05) is 23.7 Å². The van der Waals surface area contributed by atoms with Gasteiger partial charge in [-0.15, -0.1) is 0 Å². The zero-order valence-corrected chi connectivity index (χ0v) is 18.1. The van der Waals surface area contributed by atoms with E-state index in [4.69, 9.17) is 12.2 Å². The van der Waals surface area contributed by atoms with Gasteiger partial charge in [0.25, 0.3) is 0 Å². The average Bonchev–Trinajstić information content (AvgIpc) is 2.59. The van der Waals surface area contributed by atoms with E-state index in [1.54, 1.807) is 12.1 Å². The van der Waals surface area contributed by atoms with Gasteiger partial charge in [-0.25, -0.2) is 8.42 Å². The number of nitrogens with one attached hydrogen (secondary N) is 2. The molecule has 0 heterocycles. The Morgan fingerprint density at radius 2 is 1.70 bits per heavy atom. The molecule has 0 aliphatic rings. The van der Waals surface area contributed by atoms with Crippen molar-refractivity contribution in [3.05, 3.63) is 53.1 Å². The molecule has 0 spiro atoms. The van der Waals surface area contributed by atoms with Crippen molar-refractivity contribution in [2.45, 2.75) is 39.5 Å². The number of nitrogens with zero attached hydrogens (tertiary/aromatic N) is 1. The summed E-state index contributed by atoms with van der Waals surface area (Å²) in [5.74, 6) is 0. The second-order valence-corrected chi connectivity index (χ2v) is 8.80. The Morgan fingerprint density at radius 3 is 2.30 bits per heavy atom. The molecule has 2 aromatic rings. The van der Waals surface area contributed by atoms with Gasteiger partial charge < -0.3 is 10.6 Å². The number of sulfonamides is 1. The molecule has 0 atom stereocenters. The molecule has 0 saturated heterocycles. The molecule has 2 rings (SSSR count). The quantitative estimate of drug-likeness (QED) is 0.695. The minimum atomic E-state index is -3.53. The molecule has 2 aromatic carbocycles. The van der Waals surface area contributed by atoms with E-state index < -0.39 is 10.0 Å². The van der Waals surface area contributed by atoms with Crippen LogP contribution in [0.15, 0.2) is 41.3 Å². The summed E-state index contributed by atoms with van der Waals surface area (Å²) in [6.07, 6.45) is 0. The van der Waals surface area contributed by atoms with Crippen LogP contribution in [-0.2, 0) is 10.0 Å². The molecule has 5 nitrogen and oxygen atoms in total. The molecule has 0 radical (unpaired) electrons. The highest BCUT2D eigenvalue weighted by Crippen LogP contribution is 2.26. The molecule has 27 heavy (non-hydrogen) atoms. The highest BCUT2D eigenvalue weighted by Gasteiger charge is 2.23. The maximum atomic E-state index is 12.9. The number of anilines is 2. The Hall–Kier alpha value is -1.96. The number of rotatable bonds is 6. The summed E-state index contributed by atoms with van der Waals surface area (Å²) in [6.45, 7) is 10.4. The maximum absolute atomic E-state index is 12.9. The molecule has 0 fully saturated rings. The average molecular weight is 406 g/mol. The highest BCUT2D eigenvalue weighted by atomic mass is 32.2. The molecule has 0 aliphatic carbocycles. The van der Waals surface area contributed by atoms with Gasteiger partial charge in [0.2, 0.25) is 10.0 Å². The van der Waals surface area contributed by atoms with Crippen LogP contribution in [0.5, 0.6) is 0 Å². The number of aryl methyl sites for hydroxylation is 2. The van der Waals surface area contributed by atoms with E-state index in [-0.39, 0.29) is 4.90 Å². The van der Waals surface area contributed by atoms with Crippen LogP contribution in [0.1, 0.15) is 30.5 Å². The molecule has 0 aliphatic heterocycles. The second-order valence-electron chi connectivity index (χ2n) is 6.45. The van der Waals surface area contributed by atoms with E-state index in [2.05, 4.69) is 10.6 Å². The van der Waals surface area contributed by atoms with Crippen LogP contribution in [0.3, 0.4) is 0 Å². The normalized spacial score (nSPS) is 11.5. The first-order valence-electron chi connectivity index (χ1n) is 8.95. The minimum Gasteiger partial charge on any atom is -0.332 e. The minimum absolute atomic E-state index is 0.273. The van der Waals surface area contributed by atoms with Crippen molar-refractivity contribution in [1.29, 1.82) is 0 Å². The van der Waals surface area contributed by atoms with Crippen molar-refractivity contribution in [3.8, 4) is 0 Å². The van der Waals surface area contributed by atoms with Crippen LogP contribution < -0.4 is 10.6 Å². The fourth-order valence-corrected chi connectivity index (χ4v) is 4.62. The molecule has 146 valence electrons. The summed E-state index contributed by atoms with van der Waals surface area (Å²) in [5, 5.41) is 6.70. The predicted octanol–water partition coefficient (Wildman–Crippen LogP) is 4.45. The molecule has 0 bridgehead atoms. The lowest BCUT2D eigenvalue weighted by atomic mass is 10.1. The van der Waals surface area contributed by atoms with Gasteiger partial charge in [0.1, 0.15) is 0 Å². The topological polar surface area (TPSA) is 61.4 Å². The van der Waals surface area contributed by atoms with E-state index in [1.807, 2.05) is 58.9 Å². The van der Waals surface area contributed by atoms with Crippen LogP contribution in [-0.4, -0.2) is 30.9 Å². The summed E-state index contributed by atoms with van der Waals surface area (Å²) in [5.41, 5.74) is 4.55. The lowest BCUT2D eigenvalue weighted by Gasteiger charge is -2.21. The number of hydrogen-bond donors (Lipinski definition) is 2. The van der Waals surface area contributed by atoms with Gasteiger partial charge >= 0.3 is 0 Å². The van der Waals surface area contributed by atoms with Crippen LogP contribution in [0.25, 0.3) is 0 Å². The van der Waals surface area contributed by atoms with Crippen molar-refractivity contribution in [1.82, 2.24) is 4.31 Å². The van der Waals surface area contributed by atoms with Crippen LogP contribution in [0, 0.1) is 20.8 Å². The van der Waals surface area contributed by atoms with Crippen molar-refractivity contribution < 1.29 is 8.42 Å². The van der Waals surface area contributed by atoms with E-state index >= 15 is 0 Å². The van der Waals surface area contributed by atoms with Gasteiger partial charge in [-0.2, -0.15) is 4.31 Å². The molecule has 0 aromatic heterocycles. The molecular formula is C20H27N3O2S2. The molecule has 0 saturated carbocycles. The SMILES string of the molecule is CCN(CC)S(=O)(=O)c1cc(C)c(C)c(NC(=S)Nc2cccc(C)c2)c1. The van der Waals surface area contributed by atoms with E-state index in [9.17, 15) is 8.42 Å². The van der Waals surface area contributed by atoms with E-state index in [0.29, 0.717) is 23.9 Å². The van der Waals surface area contributed by atoms with E-state index in [0.717, 1.165) is 22.4 Å². The second kappa shape index (κ2) is 8.82. The van der Waals surface area contributed by atoms with Crippen LogP contribution >= 0.6 is 12.2 Å². The Morgan fingerprint density at radius 1 is 1.04 bits per heavy atom. The smallest absolute Gasteiger partial charge is 0.243 e. The third-order valence-corrected chi connectivity index (χ3v) is 6.74. The Balaban J connectivity index is 2.31. The standard InChI is InChI=1S/C20H27N3O2S2/c1-6-23(7-2)27(24,25)18-12-15(4)16(5)19(13-18)22-20(26)21-17-10-8-9-14(3)11-17/h8-13H,6-7H2,1-5H3,(H2,21,22,26). The summed E-state index contributed by atoms with van der Waals surface area (Å²) >= 11 is 5.42. The predicted molar refractivity (Wildman–Crippen MR) is 117 cm³/mol. The summed E-state index contributed by atoms with van der Waals surface area (Å²) in [4.78, 5) is 0.273. The lowest BCUT2D eigenvalue weighted by molar-refractivity contribution is 0.445. The van der Waals surface area contributed by atoms with Gasteiger partial charge in [0, 0.05) is 24.5 Å². The van der Waals surface area contributed by atoms with Crippen molar-refractivity contribution in [2.24, 2.45) is 0 Å². The number of hydrogen-bond acceptors (Lipinski definition) is 3. The summed E-state index contributed by atoms with van der Waals surface area (Å²) in [7, 11) is -3.53.